The molecule has 1 aliphatic rings. The van der Waals surface area contributed by atoms with E-state index in [1.54, 1.807) is 18.2 Å². The molecule has 0 spiro atoms. The van der Waals surface area contributed by atoms with Crippen LogP contribution in [0.4, 0.5) is 0 Å². The zero-order chi connectivity index (χ0) is 18.4. The van der Waals surface area contributed by atoms with Gasteiger partial charge in [-0.15, -0.1) is 0 Å². The average molecular weight is 384 g/mol. The smallest absolute Gasteiger partial charge is 0.330 e. The number of thioether (sulfide) groups is 1. The maximum absolute atomic E-state index is 12.6. The molecule has 1 aliphatic heterocycles. The molecule has 1 aromatic rings. The number of carbonyl (C=O) groups is 4. The van der Waals surface area contributed by atoms with Gasteiger partial charge in [0.25, 0.3) is 0 Å². The summed E-state index contributed by atoms with van der Waals surface area (Å²) in [6.07, 6.45) is 1.08. The van der Waals surface area contributed by atoms with Gasteiger partial charge in [0, 0.05) is 17.5 Å². The zero-order valence-electron chi connectivity index (χ0n) is 13.6. The number of hydrogen-bond acceptors (Lipinski definition) is 7. The summed E-state index contributed by atoms with van der Waals surface area (Å²) in [6.45, 7) is 2.01. The number of benzene rings is 1. The molecule has 0 aliphatic carbocycles. The predicted octanol–water partition coefficient (Wildman–Crippen LogP) is 2.38. The number of carbonyl (C=O) groups excluding carboxylic acids is 4. The number of ketones is 1. The van der Waals surface area contributed by atoms with Crippen molar-refractivity contribution in [3.05, 3.63) is 34.9 Å². The Hall–Kier alpha value is -1.70. The monoisotopic (exact) mass is 383 g/mol. The molecule has 0 saturated carbocycles. The molecule has 8 heteroatoms. The molecule has 1 N–H and O–H groups in total. The van der Waals surface area contributed by atoms with Crippen LogP contribution >= 0.6 is 23.4 Å². The lowest BCUT2D eigenvalue weighted by atomic mass is 10.1. The Labute approximate surface area is 154 Å². The van der Waals surface area contributed by atoms with Gasteiger partial charge in [-0.1, -0.05) is 35.5 Å². The molecular weight excluding hydrogens is 366 g/mol. The van der Waals surface area contributed by atoms with Crippen LogP contribution < -0.4 is 5.32 Å². The minimum atomic E-state index is -0.965. The maximum atomic E-state index is 12.6. The molecule has 1 fully saturated rings. The van der Waals surface area contributed by atoms with Crippen LogP contribution in [-0.2, 0) is 19.1 Å². The van der Waals surface area contributed by atoms with E-state index in [0.29, 0.717) is 23.6 Å². The highest BCUT2D eigenvalue weighted by Gasteiger charge is 2.30. The third-order valence-electron chi connectivity index (χ3n) is 3.62. The van der Waals surface area contributed by atoms with E-state index in [4.69, 9.17) is 16.3 Å². The van der Waals surface area contributed by atoms with E-state index < -0.39 is 29.0 Å². The molecule has 1 heterocycles. The summed E-state index contributed by atoms with van der Waals surface area (Å²) in [4.78, 5) is 47.9. The number of halogens is 1. The molecular formula is C17H18ClNO5S. The van der Waals surface area contributed by atoms with Crippen LogP contribution in [0.15, 0.2) is 24.3 Å². The second-order valence-corrected chi connectivity index (χ2v) is 7.43. The summed E-state index contributed by atoms with van der Waals surface area (Å²) < 4.78 is 4.81. The van der Waals surface area contributed by atoms with Crippen LogP contribution in [0.5, 0.6) is 0 Å². The SMILES string of the molecule is CC(=O)SC(CC(=O)OC(=O)[C@@H]1CCCN1)C(=O)c1cccc(Cl)c1. The van der Waals surface area contributed by atoms with E-state index in [1.807, 2.05) is 0 Å². The summed E-state index contributed by atoms with van der Waals surface area (Å²) in [6, 6.07) is 5.76. The fourth-order valence-corrected chi connectivity index (χ4v) is 3.53. The van der Waals surface area contributed by atoms with E-state index in [9.17, 15) is 19.2 Å². The largest absolute Gasteiger partial charge is 0.392 e. The highest BCUT2D eigenvalue weighted by Crippen LogP contribution is 2.23. The normalized spacial score (nSPS) is 17.8. The molecule has 1 aromatic carbocycles. The maximum Gasteiger partial charge on any atom is 0.330 e. The minimum Gasteiger partial charge on any atom is -0.392 e. The van der Waals surface area contributed by atoms with Gasteiger partial charge in [-0.05, 0) is 31.5 Å². The second kappa shape index (κ2) is 9.12. The Bertz CT molecular complexity index is 687. The number of nitrogens with one attached hydrogen (secondary N) is 1. The Morgan fingerprint density at radius 3 is 2.72 bits per heavy atom. The summed E-state index contributed by atoms with van der Waals surface area (Å²) in [7, 11) is 0. The van der Waals surface area contributed by atoms with Gasteiger partial charge < -0.3 is 10.1 Å². The van der Waals surface area contributed by atoms with Gasteiger partial charge in [0.05, 0.1) is 11.7 Å². The van der Waals surface area contributed by atoms with Gasteiger partial charge >= 0.3 is 11.9 Å². The van der Waals surface area contributed by atoms with Crippen molar-refractivity contribution in [3.8, 4) is 0 Å². The molecule has 134 valence electrons. The first kappa shape index (κ1) is 19.6. The first-order valence-electron chi connectivity index (χ1n) is 7.81. The van der Waals surface area contributed by atoms with Crippen LogP contribution in [0.3, 0.4) is 0 Å². The molecule has 0 bridgehead atoms. The molecule has 6 nitrogen and oxygen atoms in total. The van der Waals surface area contributed by atoms with Crippen LogP contribution in [0.25, 0.3) is 0 Å². The van der Waals surface area contributed by atoms with E-state index in [-0.39, 0.29) is 11.5 Å². The van der Waals surface area contributed by atoms with Crippen molar-refractivity contribution in [2.24, 2.45) is 0 Å². The number of Topliss-reactive ketones (excluding diaryl/α,β-unsaturated/α-hetero) is 1. The lowest BCUT2D eigenvalue weighted by Crippen LogP contribution is -2.35. The van der Waals surface area contributed by atoms with Crippen molar-refractivity contribution in [3.63, 3.8) is 0 Å². The fraction of sp³-hybridized carbons (Fsp3) is 0.412. The Morgan fingerprint density at radius 2 is 2.12 bits per heavy atom. The van der Waals surface area contributed by atoms with Crippen LogP contribution in [0, 0.1) is 0 Å². The molecule has 0 radical (unpaired) electrons. The zero-order valence-corrected chi connectivity index (χ0v) is 15.2. The summed E-state index contributed by atoms with van der Waals surface area (Å²) in [5, 5.41) is 2.04. The van der Waals surface area contributed by atoms with Gasteiger partial charge in [0.15, 0.2) is 10.9 Å². The van der Waals surface area contributed by atoms with Crippen molar-refractivity contribution in [2.45, 2.75) is 37.5 Å². The highest BCUT2D eigenvalue weighted by molar-refractivity contribution is 8.14. The number of esters is 2. The van der Waals surface area contributed by atoms with Gasteiger partial charge in [-0.25, -0.2) is 4.79 Å². The van der Waals surface area contributed by atoms with E-state index in [1.165, 1.54) is 13.0 Å². The molecule has 1 unspecified atom stereocenters. The van der Waals surface area contributed by atoms with Crippen LogP contribution in [0.2, 0.25) is 5.02 Å². The first-order chi connectivity index (χ1) is 11.9. The highest BCUT2D eigenvalue weighted by atomic mass is 35.5. The van der Waals surface area contributed by atoms with E-state index in [2.05, 4.69) is 5.32 Å². The van der Waals surface area contributed by atoms with Crippen LogP contribution in [-0.4, -0.2) is 40.7 Å². The van der Waals surface area contributed by atoms with Crippen molar-refractivity contribution in [1.29, 1.82) is 0 Å². The number of rotatable bonds is 6. The first-order valence-corrected chi connectivity index (χ1v) is 9.07. The standard InChI is InChI=1S/C17H18ClNO5S/c1-10(20)25-14(16(22)11-4-2-5-12(18)8-11)9-15(21)24-17(23)13-6-3-7-19-13/h2,4-5,8,13-14,19H,3,6-7,9H2,1H3/t13-,14?/m0/s1. The Morgan fingerprint density at radius 1 is 1.36 bits per heavy atom. The topological polar surface area (TPSA) is 89.5 Å². The third kappa shape index (κ3) is 5.95. The van der Waals surface area contributed by atoms with Gasteiger partial charge in [0.1, 0.15) is 6.04 Å². The number of hydrogen-bond donors (Lipinski definition) is 1. The lowest BCUT2D eigenvalue weighted by molar-refractivity contribution is -0.160. The Kier molecular flexibility index (Phi) is 7.16. The average Bonchev–Trinajstić information content (AvgIpc) is 3.07. The molecule has 2 rings (SSSR count). The van der Waals surface area contributed by atoms with E-state index in [0.717, 1.165) is 18.2 Å². The molecule has 0 aromatic heterocycles. The second-order valence-electron chi connectivity index (χ2n) is 5.62. The van der Waals surface area contributed by atoms with Crippen LogP contribution in [0.1, 0.15) is 36.5 Å². The van der Waals surface area contributed by atoms with Gasteiger partial charge in [-0.2, -0.15) is 0 Å². The van der Waals surface area contributed by atoms with Crippen molar-refractivity contribution in [2.75, 3.05) is 6.54 Å². The summed E-state index contributed by atoms with van der Waals surface area (Å²) in [5.74, 6) is -1.89. The van der Waals surface area contributed by atoms with Crippen molar-refractivity contribution >= 4 is 46.2 Å². The summed E-state index contributed by atoms with van der Waals surface area (Å²) in [5.41, 5.74) is 0.294. The van der Waals surface area contributed by atoms with Crippen molar-refractivity contribution in [1.82, 2.24) is 5.32 Å². The number of ether oxygens (including phenoxy) is 1. The van der Waals surface area contributed by atoms with Crippen molar-refractivity contribution < 1.29 is 23.9 Å². The lowest BCUT2D eigenvalue weighted by Gasteiger charge is -2.14. The van der Waals surface area contributed by atoms with Gasteiger partial charge in [0.2, 0.25) is 0 Å². The third-order valence-corrected chi connectivity index (χ3v) is 4.85. The fourth-order valence-electron chi connectivity index (χ4n) is 2.48. The predicted molar refractivity (Wildman–Crippen MR) is 94.6 cm³/mol. The molecule has 1 saturated heterocycles. The molecule has 2 atom stereocenters. The minimum absolute atomic E-state index is 0.294. The van der Waals surface area contributed by atoms with Gasteiger partial charge in [-0.3, -0.25) is 14.4 Å². The molecule has 0 amide bonds. The van der Waals surface area contributed by atoms with E-state index >= 15 is 0 Å². The summed E-state index contributed by atoms with van der Waals surface area (Å²) >= 11 is 6.61. The Balaban J connectivity index is 2.03. The molecule has 25 heavy (non-hydrogen) atoms. The quantitative estimate of drug-likeness (QED) is 0.458.